The SMILES string of the molecule is O=C(COC(=O)c1cccc([N+](=O)[O-])c1)Nc1ccc(N2CCCC2=O)cc1. The summed E-state index contributed by atoms with van der Waals surface area (Å²) in [4.78, 5) is 47.4. The molecule has 2 aromatic rings. The number of carbonyl (C=O) groups is 3. The van der Waals surface area contributed by atoms with Gasteiger partial charge in [-0.3, -0.25) is 19.7 Å². The van der Waals surface area contributed by atoms with E-state index in [2.05, 4.69) is 5.32 Å². The molecule has 1 aliphatic rings. The number of benzene rings is 2. The molecule has 0 bridgehead atoms. The number of hydrogen-bond acceptors (Lipinski definition) is 6. The Bertz CT molecular complexity index is 926. The van der Waals surface area contributed by atoms with E-state index in [1.54, 1.807) is 29.2 Å². The number of ether oxygens (including phenoxy) is 1. The Balaban J connectivity index is 1.53. The minimum Gasteiger partial charge on any atom is -0.452 e. The molecule has 2 aromatic carbocycles. The Kier molecular flexibility index (Phi) is 5.64. The van der Waals surface area contributed by atoms with E-state index in [1.807, 2.05) is 0 Å². The standard InChI is InChI=1S/C19H17N3O6/c23-17(12-28-19(25)13-3-1-4-16(11-13)22(26)27)20-14-6-8-15(9-7-14)21-10-2-5-18(21)24/h1,3-4,6-9,11H,2,5,10,12H2,(H,20,23). The maximum atomic E-state index is 12.0. The largest absolute Gasteiger partial charge is 0.452 e. The van der Waals surface area contributed by atoms with E-state index >= 15 is 0 Å². The Labute approximate surface area is 160 Å². The molecule has 3 rings (SSSR count). The zero-order valence-corrected chi connectivity index (χ0v) is 14.8. The quantitative estimate of drug-likeness (QED) is 0.465. The third-order valence-electron chi connectivity index (χ3n) is 4.16. The van der Waals surface area contributed by atoms with Gasteiger partial charge in [0.2, 0.25) is 5.91 Å². The maximum Gasteiger partial charge on any atom is 0.338 e. The number of nitrogens with zero attached hydrogens (tertiary/aromatic N) is 2. The number of hydrogen-bond donors (Lipinski definition) is 1. The van der Waals surface area contributed by atoms with Crippen LogP contribution in [0.4, 0.5) is 17.1 Å². The van der Waals surface area contributed by atoms with Crippen molar-refractivity contribution in [2.45, 2.75) is 12.8 Å². The zero-order valence-electron chi connectivity index (χ0n) is 14.8. The highest BCUT2D eigenvalue weighted by Gasteiger charge is 2.21. The van der Waals surface area contributed by atoms with Gasteiger partial charge in [0.05, 0.1) is 10.5 Å². The molecule has 0 aromatic heterocycles. The first kappa shape index (κ1) is 19.0. The number of anilines is 2. The van der Waals surface area contributed by atoms with E-state index in [0.717, 1.165) is 18.2 Å². The van der Waals surface area contributed by atoms with Crippen molar-refractivity contribution >= 4 is 34.8 Å². The number of carbonyl (C=O) groups excluding carboxylic acids is 3. The van der Waals surface area contributed by atoms with E-state index in [1.165, 1.54) is 18.2 Å². The van der Waals surface area contributed by atoms with Gasteiger partial charge in [0.1, 0.15) is 0 Å². The van der Waals surface area contributed by atoms with Crippen LogP contribution in [-0.2, 0) is 14.3 Å². The number of rotatable bonds is 6. The molecule has 9 nitrogen and oxygen atoms in total. The van der Waals surface area contributed by atoms with Crippen molar-refractivity contribution in [1.29, 1.82) is 0 Å². The highest BCUT2D eigenvalue weighted by molar-refractivity contribution is 5.97. The van der Waals surface area contributed by atoms with Crippen molar-refractivity contribution < 1.29 is 24.0 Å². The summed E-state index contributed by atoms with van der Waals surface area (Å²) in [5.74, 6) is -1.31. The Hall–Kier alpha value is -3.75. The highest BCUT2D eigenvalue weighted by atomic mass is 16.6. The zero-order chi connectivity index (χ0) is 20.1. The fraction of sp³-hybridized carbons (Fsp3) is 0.211. The van der Waals surface area contributed by atoms with Crippen LogP contribution in [0.1, 0.15) is 23.2 Å². The smallest absolute Gasteiger partial charge is 0.338 e. The molecule has 144 valence electrons. The monoisotopic (exact) mass is 383 g/mol. The van der Waals surface area contributed by atoms with Crippen LogP contribution in [0.2, 0.25) is 0 Å². The topological polar surface area (TPSA) is 119 Å². The first-order valence-corrected chi connectivity index (χ1v) is 8.56. The number of nitrogens with one attached hydrogen (secondary N) is 1. The second kappa shape index (κ2) is 8.30. The lowest BCUT2D eigenvalue weighted by atomic mass is 10.2. The van der Waals surface area contributed by atoms with Gasteiger partial charge < -0.3 is 15.0 Å². The molecule has 0 atom stereocenters. The fourth-order valence-electron chi connectivity index (χ4n) is 2.80. The summed E-state index contributed by atoms with van der Waals surface area (Å²) in [7, 11) is 0. The first-order chi connectivity index (χ1) is 13.4. The van der Waals surface area contributed by atoms with Crippen LogP contribution in [0.25, 0.3) is 0 Å². The van der Waals surface area contributed by atoms with Crippen molar-refractivity contribution in [3.63, 3.8) is 0 Å². The lowest BCUT2D eigenvalue weighted by Crippen LogP contribution is -2.23. The molecular formula is C19H17N3O6. The van der Waals surface area contributed by atoms with Gasteiger partial charge in [-0.2, -0.15) is 0 Å². The average Bonchev–Trinajstić information content (AvgIpc) is 3.12. The van der Waals surface area contributed by atoms with Gasteiger partial charge in [0, 0.05) is 36.5 Å². The van der Waals surface area contributed by atoms with Crippen molar-refractivity contribution in [3.8, 4) is 0 Å². The van der Waals surface area contributed by atoms with E-state index in [-0.39, 0.29) is 17.2 Å². The van der Waals surface area contributed by atoms with Crippen molar-refractivity contribution in [2.75, 3.05) is 23.4 Å². The van der Waals surface area contributed by atoms with Crippen LogP contribution < -0.4 is 10.2 Å². The predicted molar refractivity (Wildman–Crippen MR) is 100 cm³/mol. The predicted octanol–water partition coefficient (Wildman–Crippen LogP) is 2.52. The van der Waals surface area contributed by atoms with E-state index in [0.29, 0.717) is 18.7 Å². The lowest BCUT2D eigenvalue weighted by Gasteiger charge is -2.16. The molecule has 1 heterocycles. The molecule has 0 aliphatic carbocycles. The summed E-state index contributed by atoms with van der Waals surface area (Å²) in [5, 5.41) is 13.3. The van der Waals surface area contributed by atoms with Crippen LogP contribution >= 0.6 is 0 Å². The molecule has 0 saturated carbocycles. The summed E-state index contributed by atoms with van der Waals surface area (Å²) >= 11 is 0. The molecule has 0 unspecified atom stereocenters. The third kappa shape index (κ3) is 4.50. The molecule has 0 spiro atoms. The Morgan fingerprint density at radius 2 is 1.93 bits per heavy atom. The Morgan fingerprint density at radius 3 is 2.57 bits per heavy atom. The second-order valence-corrected chi connectivity index (χ2v) is 6.13. The molecule has 1 saturated heterocycles. The summed E-state index contributed by atoms with van der Waals surface area (Å²) in [6, 6.07) is 11.8. The average molecular weight is 383 g/mol. The summed E-state index contributed by atoms with van der Waals surface area (Å²) in [6.07, 6.45) is 1.36. The van der Waals surface area contributed by atoms with Gasteiger partial charge >= 0.3 is 5.97 Å². The normalized spacial score (nSPS) is 13.3. The van der Waals surface area contributed by atoms with Crippen molar-refractivity contribution in [2.24, 2.45) is 0 Å². The molecule has 1 fully saturated rings. The minimum absolute atomic E-state index is 0.0124. The second-order valence-electron chi connectivity index (χ2n) is 6.13. The number of esters is 1. The maximum absolute atomic E-state index is 12.0. The fourth-order valence-corrected chi connectivity index (χ4v) is 2.80. The molecule has 2 amide bonds. The molecule has 28 heavy (non-hydrogen) atoms. The summed E-state index contributed by atoms with van der Waals surface area (Å²) < 4.78 is 4.89. The Morgan fingerprint density at radius 1 is 1.18 bits per heavy atom. The number of non-ortho nitro benzene ring substituents is 1. The van der Waals surface area contributed by atoms with Crippen LogP contribution in [0, 0.1) is 10.1 Å². The molecule has 9 heteroatoms. The number of nitro benzene ring substituents is 1. The highest BCUT2D eigenvalue weighted by Crippen LogP contribution is 2.23. The van der Waals surface area contributed by atoms with Crippen LogP contribution in [0.3, 0.4) is 0 Å². The van der Waals surface area contributed by atoms with E-state index < -0.39 is 23.4 Å². The van der Waals surface area contributed by atoms with Crippen LogP contribution in [0.15, 0.2) is 48.5 Å². The van der Waals surface area contributed by atoms with Gasteiger partial charge in [-0.25, -0.2) is 4.79 Å². The number of amides is 2. The lowest BCUT2D eigenvalue weighted by molar-refractivity contribution is -0.384. The van der Waals surface area contributed by atoms with Gasteiger partial charge in [0.25, 0.3) is 11.6 Å². The minimum atomic E-state index is -0.832. The third-order valence-corrected chi connectivity index (χ3v) is 4.16. The van der Waals surface area contributed by atoms with Crippen molar-refractivity contribution in [1.82, 2.24) is 0 Å². The van der Waals surface area contributed by atoms with Gasteiger partial charge in [-0.15, -0.1) is 0 Å². The molecular weight excluding hydrogens is 366 g/mol. The molecule has 0 radical (unpaired) electrons. The molecule has 1 N–H and O–H groups in total. The molecule has 1 aliphatic heterocycles. The van der Waals surface area contributed by atoms with Gasteiger partial charge in [-0.05, 0) is 36.8 Å². The summed E-state index contributed by atoms with van der Waals surface area (Å²) in [5.41, 5.74) is 1.00. The van der Waals surface area contributed by atoms with Crippen molar-refractivity contribution in [3.05, 3.63) is 64.2 Å². The number of nitro groups is 1. The summed E-state index contributed by atoms with van der Waals surface area (Å²) in [6.45, 7) is 0.145. The van der Waals surface area contributed by atoms with Crippen LogP contribution in [-0.4, -0.2) is 35.9 Å². The van der Waals surface area contributed by atoms with E-state index in [9.17, 15) is 24.5 Å². The van der Waals surface area contributed by atoms with Crippen LogP contribution in [0.5, 0.6) is 0 Å². The van der Waals surface area contributed by atoms with Gasteiger partial charge in [-0.1, -0.05) is 6.07 Å². The van der Waals surface area contributed by atoms with E-state index in [4.69, 9.17) is 4.74 Å². The first-order valence-electron chi connectivity index (χ1n) is 8.56. The van der Waals surface area contributed by atoms with Gasteiger partial charge in [0.15, 0.2) is 6.61 Å².